The summed E-state index contributed by atoms with van der Waals surface area (Å²) in [5.41, 5.74) is 6.40. The zero-order valence-corrected chi connectivity index (χ0v) is 22.7. The monoisotopic (exact) mass is 475 g/mol. The van der Waals surface area contributed by atoms with E-state index in [-0.39, 0.29) is 4.90 Å². The second kappa shape index (κ2) is 13.0. The zero-order valence-electron chi connectivity index (χ0n) is 20.9. The van der Waals surface area contributed by atoms with Crippen molar-refractivity contribution in [3.05, 3.63) is 54.8 Å². The van der Waals surface area contributed by atoms with E-state index >= 15 is 0 Å². The van der Waals surface area contributed by atoms with E-state index < -0.39 is 18.1 Å². The molecule has 0 heterocycles. The van der Waals surface area contributed by atoms with Gasteiger partial charge in [-0.3, -0.25) is 4.31 Å². The van der Waals surface area contributed by atoms with E-state index in [1.807, 2.05) is 6.92 Å². The molecule has 6 heteroatoms. The Kier molecular flexibility index (Phi) is 11.5. The van der Waals surface area contributed by atoms with Crippen molar-refractivity contribution in [3.8, 4) is 11.5 Å². The maximum Gasteiger partial charge on any atom is 0.263 e. The lowest BCUT2D eigenvalue weighted by Crippen LogP contribution is -2.43. The molecule has 1 aromatic carbocycles. The van der Waals surface area contributed by atoms with E-state index in [4.69, 9.17) is 4.74 Å². The third kappa shape index (κ3) is 7.36. The van der Waals surface area contributed by atoms with Gasteiger partial charge in [0.15, 0.2) is 0 Å². The molecule has 0 saturated heterocycles. The van der Waals surface area contributed by atoms with E-state index in [1.54, 1.807) is 42.6 Å². The fraction of sp³-hybridized carbons (Fsp3) is 0.538. The predicted molar refractivity (Wildman–Crippen MR) is 139 cm³/mol. The van der Waals surface area contributed by atoms with Gasteiger partial charge in [0.25, 0.3) is 10.0 Å². The smallest absolute Gasteiger partial charge is 0.263 e. The average Bonchev–Trinajstić information content (AvgIpc) is 2.71. The molecule has 0 amide bonds. The highest BCUT2D eigenvalue weighted by Crippen LogP contribution is 2.40. The van der Waals surface area contributed by atoms with Crippen molar-refractivity contribution in [1.82, 2.24) is 4.31 Å². The molecule has 0 fully saturated rings. The van der Waals surface area contributed by atoms with E-state index in [0.717, 1.165) is 5.56 Å². The molecule has 1 aromatic rings. The van der Waals surface area contributed by atoms with Gasteiger partial charge in [-0.25, -0.2) is 8.42 Å². The van der Waals surface area contributed by atoms with Gasteiger partial charge in [-0.15, -0.1) is 12.1 Å². The van der Waals surface area contributed by atoms with Crippen LogP contribution in [-0.4, -0.2) is 40.6 Å². The number of hydrogen-bond donors (Lipinski definition) is 0. The molecule has 1 rings (SSSR count). The summed E-state index contributed by atoms with van der Waals surface area (Å²) >= 11 is 0. The molecule has 0 aliphatic rings. The van der Waals surface area contributed by atoms with Crippen LogP contribution in [0.25, 0.3) is 0 Å². The van der Waals surface area contributed by atoms with Crippen molar-refractivity contribution in [3.63, 3.8) is 0 Å². The molecular formula is C26H41NO3SSi. The zero-order chi connectivity index (χ0) is 24.4. The Balaban J connectivity index is 2.83. The molecule has 0 aromatic heterocycles. The van der Waals surface area contributed by atoms with Crippen molar-refractivity contribution in [2.45, 2.75) is 76.4 Å². The number of hydrogen-bond acceptors (Lipinski definition) is 3. The van der Waals surface area contributed by atoms with Gasteiger partial charge in [0.1, 0.15) is 14.7 Å². The summed E-state index contributed by atoms with van der Waals surface area (Å²) in [5, 5.41) is 0. The molecule has 0 N–H and O–H groups in total. The molecule has 0 spiro atoms. The maximum atomic E-state index is 13.0. The van der Waals surface area contributed by atoms with Crippen molar-refractivity contribution in [2.24, 2.45) is 0 Å². The van der Waals surface area contributed by atoms with Crippen LogP contribution in [-0.2, 0) is 14.8 Å². The summed E-state index contributed by atoms with van der Waals surface area (Å²) in [6.45, 7) is 20.4. The summed E-state index contributed by atoms with van der Waals surface area (Å²) in [7, 11) is -5.37. The lowest BCUT2D eigenvalue weighted by atomic mass is 10.2. The van der Waals surface area contributed by atoms with Gasteiger partial charge in [0.05, 0.1) is 11.5 Å². The summed E-state index contributed by atoms with van der Waals surface area (Å²) in [4.78, 5) is 0.279. The predicted octanol–water partition coefficient (Wildman–Crippen LogP) is 6.31. The van der Waals surface area contributed by atoms with E-state index in [1.165, 1.54) is 4.31 Å². The highest BCUT2D eigenvalue weighted by molar-refractivity contribution is 7.89. The number of benzene rings is 1. The summed E-state index contributed by atoms with van der Waals surface area (Å²) in [5.74, 6) is 3.26. The molecule has 0 aliphatic carbocycles. The number of sulfonamides is 1. The Morgan fingerprint density at radius 3 is 2.12 bits per heavy atom. The standard InChI is InChI=1S/C26H41NO3SSi/c1-9-10-17-27(31(28,29)26-15-13-25(8)14-16-26)18-11-19-30-20-12-21-32(22(2)3,23(4)5)24(6)7/h9,11,13-16,18,22-24H,1,10,17,19-20H2,2-8H3/b18-11+. The second-order valence-corrected chi connectivity index (χ2v) is 16.6. The normalized spacial score (nSPS) is 12.4. The van der Waals surface area contributed by atoms with E-state index in [2.05, 4.69) is 59.6 Å². The number of aryl methyl sites for hydroxylation is 1. The van der Waals surface area contributed by atoms with E-state index in [9.17, 15) is 8.42 Å². The summed E-state index contributed by atoms with van der Waals surface area (Å²) < 4.78 is 33.0. The Hall–Kier alpha value is -1.81. The molecule has 4 nitrogen and oxygen atoms in total. The average molecular weight is 476 g/mol. The first-order chi connectivity index (χ1) is 15.0. The minimum atomic E-state index is -3.61. The van der Waals surface area contributed by atoms with Crippen LogP contribution >= 0.6 is 0 Å². The highest BCUT2D eigenvalue weighted by atomic mass is 32.2. The van der Waals surface area contributed by atoms with Crippen LogP contribution in [0.2, 0.25) is 16.6 Å². The van der Waals surface area contributed by atoms with Crippen molar-refractivity contribution >= 4 is 18.1 Å². The molecule has 0 atom stereocenters. The first kappa shape index (κ1) is 28.2. The number of rotatable bonds is 12. The van der Waals surface area contributed by atoms with Gasteiger partial charge in [-0.1, -0.05) is 71.2 Å². The van der Waals surface area contributed by atoms with Gasteiger partial charge in [-0.05, 0) is 48.2 Å². The van der Waals surface area contributed by atoms with Gasteiger partial charge < -0.3 is 4.74 Å². The third-order valence-electron chi connectivity index (χ3n) is 6.01. The van der Waals surface area contributed by atoms with Gasteiger partial charge in [0, 0.05) is 12.7 Å². The fourth-order valence-corrected chi connectivity index (χ4v) is 10.9. The van der Waals surface area contributed by atoms with Gasteiger partial charge >= 0.3 is 0 Å². The fourth-order valence-electron chi connectivity index (χ4n) is 4.30. The second-order valence-electron chi connectivity index (χ2n) is 9.10. The van der Waals surface area contributed by atoms with E-state index in [0.29, 0.717) is 42.8 Å². The minimum Gasteiger partial charge on any atom is -0.365 e. The molecule has 0 aliphatic heterocycles. The largest absolute Gasteiger partial charge is 0.365 e. The molecule has 0 radical (unpaired) electrons. The van der Waals surface area contributed by atoms with Crippen LogP contribution in [0.5, 0.6) is 0 Å². The molecule has 178 valence electrons. The minimum absolute atomic E-state index is 0.279. The van der Waals surface area contributed by atoms with Crippen LogP contribution in [0.1, 0.15) is 53.5 Å². The SMILES string of the molecule is C=CCCN(/C=C/COCC#C[Si](C(C)C)(C(C)C)C(C)C)S(=O)(=O)c1ccc(C)cc1. The molecule has 0 saturated carbocycles. The summed E-state index contributed by atoms with van der Waals surface area (Å²) in [6.07, 6.45) is 5.59. The Morgan fingerprint density at radius 2 is 1.62 bits per heavy atom. The van der Waals surface area contributed by atoms with Crippen LogP contribution in [0, 0.1) is 18.4 Å². The summed E-state index contributed by atoms with van der Waals surface area (Å²) in [6, 6.07) is 6.89. The number of nitrogens with zero attached hydrogens (tertiary/aromatic N) is 1. The van der Waals surface area contributed by atoms with Crippen LogP contribution in [0.15, 0.2) is 54.1 Å². The first-order valence-corrected chi connectivity index (χ1v) is 15.1. The highest BCUT2D eigenvalue weighted by Gasteiger charge is 2.41. The Morgan fingerprint density at radius 1 is 1.06 bits per heavy atom. The van der Waals surface area contributed by atoms with Crippen LogP contribution in [0.4, 0.5) is 0 Å². The quantitative estimate of drug-likeness (QED) is 0.154. The lowest BCUT2D eigenvalue weighted by molar-refractivity contribution is 0.198. The van der Waals surface area contributed by atoms with Crippen LogP contribution < -0.4 is 0 Å². The topological polar surface area (TPSA) is 46.6 Å². The lowest BCUT2D eigenvalue weighted by Gasteiger charge is -2.38. The Bertz CT molecular complexity index is 885. The molecule has 0 unspecified atom stereocenters. The van der Waals surface area contributed by atoms with Gasteiger partial charge in [0.2, 0.25) is 0 Å². The molecular weight excluding hydrogens is 434 g/mol. The van der Waals surface area contributed by atoms with Crippen molar-refractivity contribution in [2.75, 3.05) is 19.8 Å². The Labute approximate surface area is 197 Å². The van der Waals surface area contributed by atoms with Crippen molar-refractivity contribution < 1.29 is 13.2 Å². The molecule has 32 heavy (non-hydrogen) atoms. The molecule has 0 bridgehead atoms. The third-order valence-corrected chi connectivity index (χ3v) is 14.1. The van der Waals surface area contributed by atoms with Crippen LogP contribution in [0.3, 0.4) is 0 Å². The van der Waals surface area contributed by atoms with Gasteiger partial charge in [-0.2, -0.15) is 0 Å². The number of ether oxygens (including phenoxy) is 1. The van der Waals surface area contributed by atoms with Crippen molar-refractivity contribution in [1.29, 1.82) is 0 Å². The first-order valence-electron chi connectivity index (χ1n) is 11.4. The maximum absolute atomic E-state index is 13.0.